The largest absolute Gasteiger partial charge is 0.338 e. The van der Waals surface area contributed by atoms with Gasteiger partial charge in [0.05, 0.1) is 6.54 Å². The predicted octanol–water partition coefficient (Wildman–Crippen LogP) is 2.93. The van der Waals surface area contributed by atoms with Crippen LogP contribution in [0.15, 0.2) is 30.6 Å². The molecule has 25 heavy (non-hydrogen) atoms. The van der Waals surface area contributed by atoms with Gasteiger partial charge in [0.1, 0.15) is 5.82 Å². The highest BCUT2D eigenvalue weighted by atomic mass is 16.2. The molecular formula is C20H28N4O. The van der Waals surface area contributed by atoms with Crippen LogP contribution in [0.1, 0.15) is 29.8 Å². The van der Waals surface area contributed by atoms with Crippen LogP contribution in [0.5, 0.6) is 0 Å². The average Bonchev–Trinajstić information content (AvgIpc) is 2.96. The number of nitrogens with zero attached hydrogens (tertiary/aromatic N) is 3. The van der Waals surface area contributed by atoms with Gasteiger partial charge < -0.3 is 9.88 Å². The molecular weight excluding hydrogens is 312 g/mol. The number of hydrogen-bond donors (Lipinski definition) is 1. The van der Waals surface area contributed by atoms with E-state index < -0.39 is 0 Å². The summed E-state index contributed by atoms with van der Waals surface area (Å²) in [6, 6.07) is 6.15. The first-order valence-electron chi connectivity index (χ1n) is 9.07. The molecule has 1 saturated heterocycles. The second-order valence-corrected chi connectivity index (χ2v) is 7.27. The van der Waals surface area contributed by atoms with Crippen molar-refractivity contribution in [2.24, 2.45) is 13.0 Å². The quantitative estimate of drug-likeness (QED) is 0.910. The zero-order valence-electron chi connectivity index (χ0n) is 15.5. The van der Waals surface area contributed by atoms with E-state index in [0.29, 0.717) is 12.5 Å². The topological polar surface area (TPSA) is 50.2 Å². The number of carbonyl (C=O) groups is 1. The summed E-state index contributed by atoms with van der Waals surface area (Å²) in [6.07, 6.45) is 7.19. The van der Waals surface area contributed by atoms with E-state index in [2.05, 4.69) is 31.9 Å². The molecule has 0 unspecified atom stereocenters. The van der Waals surface area contributed by atoms with E-state index in [1.165, 1.54) is 6.42 Å². The first-order valence-corrected chi connectivity index (χ1v) is 9.07. The van der Waals surface area contributed by atoms with Gasteiger partial charge in [0, 0.05) is 38.1 Å². The molecule has 5 nitrogen and oxygen atoms in total. The third kappa shape index (κ3) is 4.69. The summed E-state index contributed by atoms with van der Waals surface area (Å²) >= 11 is 0. The Labute approximate surface area is 150 Å². The Morgan fingerprint density at radius 3 is 2.96 bits per heavy atom. The van der Waals surface area contributed by atoms with Crippen molar-refractivity contribution in [3.63, 3.8) is 0 Å². The van der Waals surface area contributed by atoms with Gasteiger partial charge >= 0.3 is 0 Å². The van der Waals surface area contributed by atoms with Crippen molar-refractivity contribution in [2.75, 3.05) is 25.0 Å². The van der Waals surface area contributed by atoms with E-state index in [4.69, 9.17) is 0 Å². The van der Waals surface area contributed by atoms with E-state index >= 15 is 0 Å². The van der Waals surface area contributed by atoms with Crippen molar-refractivity contribution in [1.29, 1.82) is 0 Å². The molecule has 1 atom stereocenters. The monoisotopic (exact) mass is 340 g/mol. The van der Waals surface area contributed by atoms with Crippen LogP contribution in [0.4, 0.5) is 5.69 Å². The van der Waals surface area contributed by atoms with Crippen molar-refractivity contribution >= 4 is 11.6 Å². The van der Waals surface area contributed by atoms with Crippen LogP contribution in [-0.2, 0) is 18.3 Å². The van der Waals surface area contributed by atoms with Crippen LogP contribution in [0, 0.1) is 19.8 Å². The Bertz CT molecular complexity index is 737. The second-order valence-electron chi connectivity index (χ2n) is 7.27. The first kappa shape index (κ1) is 17.7. The molecule has 1 aromatic carbocycles. The van der Waals surface area contributed by atoms with Crippen LogP contribution in [0.25, 0.3) is 0 Å². The molecule has 1 aliphatic heterocycles. The highest BCUT2D eigenvalue weighted by Gasteiger charge is 2.23. The van der Waals surface area contributed by atoms with Gasteiger partial charge in [0.15, 0.2) is 0 Å². The molecule has 2 aromatic rings. The lowest BCUT2D eigenvalue weighted by Gasteiger charge is -2.32. The van der Waals surface area contributed by atoms with Gasteiger partial charge in [-0.05, 0) is 56.3 Å². The molecule has 5 heteroatoms. The minimum absolute atomic E-state index is 0.0753. The number of carbonyl (C=O) groups excluding carboxylic acids is 1. The normalized spacial score (nSPS) is 18.3. The van der Waals surface area contributed by atoms with Gasteiger partial charge in [0.25, 0.3) is 0 Å². The summed E-state index contributed by atoms with van der Waals surface area (Å²) in [7, 11) is 2.04. The van der Waals surface area contributed by atoms with Crippen molar-refractivity contribution in [3.8, 4) is 0 Å². The summed E-state index contributed by atoms with van der Waals surface area (Å²) in [5, 5.41) is 3.07. The van der Waals surface area contributed by atoms with Gasteiger partial charge in [0.2, 0.25) is 5.91 Å². The fourth-order valence-electron chi connectivity index (χ4n) is 3.58. The number of aromatic nitrogens is 2. The predicted molar refractivity (Wildman–Crippen MR) is 101 cm³/mol. The lowest BCUT2D eigenvalue weighted by molar-refractivity contribution is -0.117. The van der Waals surface area contributed by atoms with E-state index in [1.54, 1.807) is 0 Å². The van der Waals surface area contributed by atoms with Crippen molar-refractivity contribution in [3.05, 3.63) is 47.5 Å². The van der Waals surface area contributed by atoms with E-state index in [9.17, 15) is 4.79 Å². The molecule has 3 rings (SSSR count). The fourth-order valence-corrected chi connectivity index (χ4v) is 3.58. The lowest BCUT2D eigenvalue weighted by atomic mass is 9.94. The van der Waals surface area contributed by atoms with Crippen LogP contribution < -0.4 is 5.32 Å². The summed E-state index contributed by atoms with van der Waals surface area (Å²) in [6.45, 7) is 6.50. The number of hydrogen-bond acceptors (Lipinski definition) is 3. The highest BCUT2D eigenvalue weighted by molar-refractivity contribution is 5.93. The van der Waals surface area contributed by atoms with Gasteiger partial charge in [-0.1, -0.05) is 12.1 Å². The number of piperidine rings is 1. The number of benzene rings is 1. The smallest absolute Gasteiger partial charge is 0.238 e. The highest BCUT2D eigenvalue weighted by Crippen LogP contribution is 2.21. The van der Waals surface area contributed by atoms with E-state index in [1.807, 2.05) is 39.4 Å². The Balaban J connectivity index is 1.54. The molecule has 0 radical (unpaired) electrons. The Morgan fingerprint density at radius 2 is 2.20 bits per heavy atom. The Kier molecular flexibility index (Phi) is 5.53. The minimum Gasteiger partial charge on any atom is -0.338 e. The number of amides is 1. The van der Waals surface area contributed by atoms with Gasteiger partial charge in [-0.2, -0.15) is 0 Å². The molecule has 1 N–H and O–H groups in total. The maximum absolute atomic E-state index is 12.5. The van der Waals surface area contributed by atoms with E-state index in [0.717, 1.165) is 48.6 Å². The van der Waals surface area contributed by atoms with Crippen molar-refractivity contribution in [1.82, 2.24) is 14.5 Å². The summed E-state index contributed by atoms with van der Waals surface area (Å²) < 4.78 is 2.09. The maximum Gasteiger partial charge on any atom is 0.238 e. The summed E-state index contributed by atoms with van der Waals surface area (Å²) in [5.74, 6) is 1.78. The zero-order chi connectivity index (χ0) is 17.8. The number of aryl methyl sites for hydroxylation is 3. The van der Waals surface area contributed by atoms with Crippen LogP contribution in [-0.4, -0.2) is 40.0 Å². The maximum atomic E-state index is 12.5. The fraction of sp³-hybridized carbons (Fsp3) is 0.500. The molecule has 1 aromatic heterocycles. The number of imidazole rings is 1. The second kappa shape index (κ2) is 7.83. The summed E-state index contributed by atoms with van der Waals surface area (Å²) in [4.78, 5) is 19.2. The molecule has 1 fully saturated rings. The standard InChI is InChI=1S/C20H28N4O/c1-15-6-7-16(2)18(11-15)22-20(25)14-24-9-4-5-17(13-24)12-19-21-8-10-23(19)3/h6-8,10-11,17H,4-5,9,12-14H2,1-3H3,(H,22,25)/t17-/m1/s1. The Morgan fingerprint density at radius 1 is 1.36 bits per heavy atom. The molecule has 0 aliphatic carbocycles. The minimum atomic E-state index is 0.0753. The molecule has 0 spiro atoms. The number of nitrogens with one attached hydrogen (secondary N) is 1. The molecule has 1 amide bonds. The molecule has 0 saturated carbocycles. The molecule has 2 heterocycles. The Hall–Kier alpha value is -2.14. The summed E-state index contributed by atoms with van der Waals surface area (Å²) in [5.41, 5.74) is 3.19. The van der Waals surface area contributed by atoms with E-state index in [-0.39, 0.29) is 5.91 Å². The molecule has 1 aliphatic rings. The van der Waals surface area contributed by atoms with Gasteiger partial charge in [-0.15, -0.1) is 0 Å². The van der Waals surface area contributed by atoms with Crippen LogP contribution >= 0.6 is 0 Å². The number of likely N-dealkylation sites (tertiary alicyclic amines) is 1. The molecule has 134 valence electrons. The third-order valence-corrected chi connectivity index (χ3v) is 5.03. The SMILES string of the molecule is Cc1ccc(C)c(NC(=O)CN2CCC[C@H](Cc3nccn3C)C2)c1. The first-order chi connectivity index (χ1) is 12.0. The van der Waals surface area contributed by atoms with Crippen LogP contribution in [0.2, 0.25) is 0 Å². The lowest BCUT2D eigenvalue weighted by Crippen LogP contribution is -2.41. The van der Waals surface area contributed by atoms with Gasteiger partial charge in [-0.25, -0.2) is 4.98 Å². The van der Waals surface area contributed by atoms with Crippen LogP contribution in [0.3, 0.4) is 0 Å². The third-order valence-electron chi connectivity index (χ3n) is 5.03. The molecule has 0 bridgehead atoms. The van der Waals surface area contributed by atoms with Crippen molar-refractivity contribution in [2.45, 2.75) is 33.1 Å². The van der Waals surface area contributed by atoms with Crippen molar-refractivity contribution < 1.29 is 4.79 Å². The average molecular weight is 340 g/mol. The zero-order valence-corrected chi connectivity index (χ0v) is 15.5. The number of anilines is 1. The van der Waals surface area contributed by atoms with Gasteiger partial charge in [-0.3, -0.25) is 9.69 Å². The number of rotatable bonds is 5.